The molecule has 0 radical (unpaired) electrons. The fraction of sp³-hybridized carbons (Fsp3) is 0.375. The molecule has 0 spiro atoms. The van der Waals surface area contributed by atoms with E-state index in [0.29, 0.717) is 31.1 Å². The van der Waals surface area contributed by atoms with Crippen molar-refractivity contribution >= 4 is 22.1 Å². The molecule has 1 heterocycles. The number of sulfonamides is 1. The molecular formula is C24H29NO8S. The van der Waals surface area contributed by atoms with Gasteiger partial charge in [0.15, 0.2) is 0 Å². The molecule has 0 saturated carbocycles. The highest BCUT2D eigenvalue weighted by atomic mass is 32.2. The van der Waals surface area contributed by atoms with E-state index >= 15 is 0 Å². The van der Waals surface area contributed by atoms with E-state index in [1.165, 1.54) is 29.6 Å². The van der Waals surface area contributed by atoms with E-state index in [1.54, 1.807) is 36.4 Å². The maximum Gasteiger partial charge on any atom is 0.330 e. The van der Waals surface area contributed by atoms with Crippen LogP contribution in [-0.2, 0) is 24.3 Å². The Morgan fingerprint density at radius 2 is 1.71 bits per heavy atom. The summed E-state index contributed by atoms with van der Waals surface area (Å²) in [4.78, 5) is 12.1. The van der Waals surface area contributed by atoms with Gasteiger partial charge >= 0.3 is 5.97 Å². The second-order valence-corrected chi connectivity index (χ2v) is 9.09. The van der Waals surface area contributed by atoms with Crippen LogP contribution in [0.1, 0.15) is 12.5 Å². The zero-order chi connectivity index (χ0) is 24.4. The summed E-state index contributed by atoms with van der Waals surface area (Å²) in [6.45, 7) is 3.99. The molecule has 1 aliphatic heterocycles. The number of rotatable bonds is 11. The number of carbonyl (C=O) groups is 1. The van der Waals surface area contributed by atoms with Crippen molar-refractivity contribution in [2.24, 2.45) is 0 Å². The molecule has 0 unspecified atom stereocenters. The van der Waals surface area contributed by atoms with Crippen LogP contribution in [0.25, 0.3) is 6.08 Å². The number of hydrogen-bond donors (Lipinski definition) is 0. The highest BCUT2D eigenvalue weighted by Gasteiger charge is 2.29. The lowest BCUT2D eigenvalue weighted by Crippen LogP contribution is -2.40. The summed E-state index contributed by atoms with van der Waals surface area (Å²) in [7, 11) is -2.35. The molecule has 1 aliphatic rings. The average molecular weight is 492 g/mol. The molecular weight excluding hydrogens is 462 g/mol. The average Bonchev–Trinajstić information content (AvgIpc) is 2.87. The van der Waals surface area contributed by atoms with E-state index in [1.807, 2.05) is 6.92 Å². The SMILES string of the molecule is CCOc1ccc(OCCOC(=O)C=Cc2ccc(OC)c(S(=O)(=O)N3CCOCC3)c2)cc1. The maximum absolute atomic E-state index is 13.1. The molecule has 0 bridgehead atoms. The van der Waals surface area contributed by atoms with Gasteiger partial charge in [0.25, 0.3) is 0 Å². The van der Waals surface area contributed by atoms with Gasteiger partial charge in [-0.25, -0.2) is 13.2 Å². The Hall–Kier alpha value is -3.08. The zero-order valence-electron chi connectivity index (χ0n) is 19.3. The predicted octanol–water partition coefficient (Wildman–Crippen LogP) is 2.75. The van der Waals surface area contributed by atoms with Crippen molar-refractivity contribution in [1.29, 1.82) is 0 Å². The molecule has 0 amide bonds. The highest BCUT2D eigenvalue weighted by Crippen LogP contribution is 2.29. The van der Waals surface area contributed by atoms with Crippen molar-refractivity contribution in [3.05, 3.63) is 54.1 Å². The van der Waals surface area contributed by atoms with Crippen molar-refractivity contribution in [2.75, 3.05) is 53.2 Å². The Labute approximate surface area is 199 Å². The number of benzene rings is 2. The number of morpholine rings is 1. The van der Waals surface area contributed by atoms with Gasteiger partial charge < -0.3 is 23.7 Å². The lowest BCUT2D eigenvalue weighted by molar-refractivity contribution is -0.138. The van der Waals surface area contributed by atoms with Gasteiger partial charge in [-0.05, 0) is 55.0 Å². The minimum absolute atomic E-state index is 0.0381. The topological polar surface area (TPSA) is 101 Å². The standard InChI is InChI=1S/C24H29NO8S/c1-3-31-20-6-8-21(9-7-20)32-16-17-33-24(26)11-5-19-4-10-22(29-2)23(18-19)34(27,28)25-12-14-30-15-13-25/h4-11,18H,3,12-17H2,1-2H3. The van der Waals surface area contributed by atoms with Crippen molar-refractivity contribution < 1.29 is 36.9 Å². The summed E-state index contributed by atoms with van der Waals surface area (Å²) >= 11 is 0. The molecule has 2 aromatic rings. The summed E-state index contributed by atoms with van der Waals surface area (Å²) in [6, 6.07) is 11.9. The van der Waals surface area contributed by atoms with E-state index in [-0.39, 0.29) is 36.9 Å². The third-order valence-electron chi connectivity index (χ3n) is 4.92. The van der Waals surface area contributed by atoms with E-state index in [9.17, 15) is 13.2 Å². The summed E-state index contributed by atoms with van der Waals surface area (Å²) in [5.41, 5.74) is 0.523. The maximum atomic E-state index is 13.1. The number of carbonyl (C=O) groups excluding carboxylic acids is 1. The van der Waals surface area contributed by atoms with Gasteiger partial charge in [-0.1, -0.05) is 6.07 Å². The van der Waals surface area contributed by atoms with Crippen LogP contribution in [-0.4, -0.2) is 71.9 Å². The van der Waals surface area contributed by atoms with Crippen LogP contribution < -0.4 is 14.2 Å². The molecule has 34 heavy (non-hydrogen) atoms. The van der Waals surface area contributed by atoms with Crippen LogP contribution in [0.15, 0.2) is 53.4 Å². The second-order valence-electron chi connectivity index (χ2n) is 7.18. The van der Waals surface area contributed by atoms with E-state index in [4.69, 9.17) is 23.7 Å². The molecule has 0 atom stereocenters. The molecule has 3 rings (SSSR count). The first kappa shape index (κ1) is 25.5. The molecule has 2 aromatic carbocycles. The van der Waals surface area contributed by atoms with Gasteiger partial charge in [0, 0.05) is 19.2 Å². The second kappa shape index (κ2) is 12.4. The van der Waals surface area contributed by atoms with Crippen LogP contribution in [0.5, 0.6) is 17.2 Å². The van der Waals surface area contributed by atoms with Gasteiger partial charge in [-0.15, -0.1) is 0 Å². The number of methoxy groups -OCH3 is 1. The fourth-order valence-corrected chi connectivity index (χ4v) is 4.84. The molecule has 1 saturated heterocycles. The predicted molar refractivity (Wildman–Crippen MR) is 126 cm³/mol. The first-order valence-electron chi connectivity index (χ1n) is 10.9. The lowest BCUT2D eigenvalue weighted by atomic mass is 10.2. The van der Waals surface area contributed by atoms with Crippen molar-refractivity contribution in [2.45, 2.75) is 11.8 Å². The minimum Gasteiger partial charge on any atom is -0.495 e. The molecule has 1 fully saturated rings. The third kappa shape index (κ3) is 6.96. The van der Waals surface area contributed by atoms with Crippen molar-refractivity contribution in [3.8, 4) is 17.2 Å². The Bertz CT molecular complexity index is 1080. The smallest absolute Gasteiger partial charge is 0.330 e. The summed E-state index contributed by atoms with van der Waals surface area (Å²) in [6.07, 6.45) is 2.73. The van der Waals surface area contributed by atoms with Crippen molar-refractivity contribution in [1.82, 2.24) is 4.31 Å². The largest absolute Gasteiger partial charge is 0.495 e. The lowest BCUT2D eigenvalue weighted by Gasteiger charge is -2.26. The van der Waals surface area contributed by atoms with Crippen LogP contribution in [0.4, 0.5) is 0 Å². The minimum atomic E-state index is -3.76. The van der Waals surface area contributed by atoms with Gasteiger partial charge in [-0.3, -0.25) is 0 Å². The van der Waals surface area contributed by atoms with Gasteiger partial charge in [-0.2, -0.15) is 4.31 Å². The van der Waals surface area contributed by atoms with Gasteiger partial charge in [0.05, 0.1) is 26.9 Å². The molecule has 10 heteroatoms. The summed E-state index contributed by atoms with van der Waals surface area (Å²) in [5, 5.41) is 0. The Morgan fingerprint density at radius 1 is 1.03 bits per heavy atom. The van der Waals surface area contributed by atoms with Crippen molar-refractivity contribution in [3.63, 3.8) is 0 Å². The molecule has 0 aliphatic carbocycles. The number of hydrogen-bond acceptors (Lipinski definition) is 8. The number of nitrogens with zero attached hydrogens (tertiary/aromatic N) is 1. The third-order valence-corrected chi connectivity index (χ3v) is 6.84. The normalized spacial score (nSPS) is 14.6. The zero-order valence-corrected chi connectivity index (χ0v) is 20.1. The molecule has 0 aromatic heterocycles. The van der Waals surface area contributed by atoms with E-state index in [2.05, 4.69) is 0 Å². The Kier molecular flexibility index (Phi) is 9.32. The number of ether oxygens (including phenoxy) is 5. The van der Waals surface area contributed by atoms with Gasteiger partial charge in [0.2, 0.25) is 10.0 Å². The monoisotopic (exact) mass is 491 g/mol. The van der Waals surface area contributed by atoms with Crippen LogP contribution in [0, 0.1) is 0 Å². The highest BCUT2D eigenvalue weighted by molar-refractivity contribution is 7.89. The Balaban J connectivity index is 1.55. The molecule has 0 N–H and O–H groups in total. The fourth-order valence-electron chi connectivity index (χ4n) is 3.24. The van der Waals surface area contributed by atoms with Crippen LogP contribution in [0.2, 0.25) is 0 Å². The van der Waals surface area contributed by atoms with E-state index < -0.39 is 16.0 Å². The molecule has 184 valence electrons. The van der Waals surface area contributed by atoms with Crippen LogP contribution in [0.3, 0.4) is 0 Å². The van der Waals surface area contributed by atoms with Crippen LogP contribution >= 0.6 is 0 Å². The first-order chi connectivity index (χ1) is 16.4. The first-order valence-corrected chi connectivity index (χ1v) is 12.3. The number of esters is 1. The van der Waals surface area contributed by atoms with Gasteiger partial charge in [0.1, 0.15) is 35.4 Å². The summed E-state index contributed by atoms with van der Waals surface area (Å²) in [5.74, 6) is 1.06. The Morgan fingerprint density at radius 3 is 2.35 bits per heavy atom. The summed E-state index contributed by atoms with van der Waals surface area (Å²) < 4.78 is 54.0. The quantitative estimate of drug-likeness (QED) is 0.269. The van der Waals surface area contributed by atoms with E-state index in [0.717, 1.165) is 5.75 Å². The molecule has 9 nitrogen and oxygen atoms in total.